The number of anilines is 1. The molecule has 0 spiro atoms. The van der Waals surface area contributed by atoms with Crippen LogP contribution in [0.3, 0.4) is 0 Å². The highest BCUT2D eigenvalue weighted by atomic mass is 15.3. The minimum Gasteiger partial charge on any atom is -0.349 e. The van der Waals surface area contributed by atoms with Crippen LogP contribution in [-0.2, 0) is 13.6 Å². The highest BCUT2D eigenvalue weighted by Crippen LogP contribution is 2.14. The van der Waals surface area contributed by atoms with Crippen LogP contribution in [0.15, 0.2) is 18.3 Å². The van der Waals surface area contributed by atoms with Crippen molar-refractivity contribution in [1.82, 2.24) is 24.4 Å². The molecule has 6 heteroatoms. The van der Waals surface area contributed by atoms with Crippen molar-refractivity contribution in [2.75, 3.05) is 5.32 Å². The summed E-state index contributed by atoms with van der Waals surface area (Å²) >= 11 is 0. The van der Waals surface area contributed by atoms with Crippen molar-refractivity contribution in [3.63, 3.8) is 0 Å². The van der Waals surface area contributed by atoms with Gasteiger partial charge in [0.1, 0.15) is 0 Å². The Labute approximate surface area is 117 Å². The molecule has 0 aliphatic carbocycles. The van der Waals surface area contributed by atoms with Gasteiger partial charge in [0.05, 0.1) is 5.69 Å². The quantitative estimate of drug-likeness (QED) is 0.791. The van der Waals surface area contributed by atoms with Gasteiger partial charge in [0.15, 0.2) is 5.65 Å². The Morgan fingerprint density at radius 3 is 2.65 bits per heavy atom. The van der Waals surface area contributed by atoms with Crippen LogP contribution in [0, 0.1) is 20.8 Å². The topological polar surface area (TPSA) is 60.0 Å². The normalized spacial score (nSPS) is 11.2. The largest absolute Gasteiger partial charge is 0.349 e. The van der Waals surface area contributed by atoms with E-state index in [0.29, 0.717) is 12.5 Å². The molecule has 0 bridgehead atoms. The number of hydrogen-bond donors (Lipinski definition) is 1. The maximum atomic E-state index is 4.45. The predicted octanol–water partition coefficient (Wildman–Crippen LogP) is 2.00. The zero-order valence-electron chi connectivity index (χ0n) is 12.2. The molecule has 20 heavy (non-hydrogen) atoms. The van der Waals surface area contributed by atoms with Gasteiger partial charge in [0.2, 0.25) is 5.95 Å². The summed E-state index contributed by atoms with van der Waals surface area (Å²) in [6.45, 7) is 6.81. The molecule has 0 amide bonds. The van der Waals surface area contributed by atoms with Crippen LogP contribution in [0.25, 0.3) is 5.65 Å². The lowest BCUT2D eigenvalue weighted by molar-refractivity contribution is 0.730. The Bertz CT molecular complexity index is 767. The summed E-state index contributed by atoms with van der Waals surface area (Å²) in [5.74, 6) is 0.637. The third-order valence-corrected chi connectivity index (χ3v) is 3.56. The molecule has 0 aliphatic heterocycles. The molecule has 3 aromatic heterocycles. The van der Waals surface area contributed by atoms with Crippen molar-refractivity contribution in [2.24, 2.45) is 7.05 Å². The van der Waals surface area contributed by atoms with Gasteiger partial charge in [0.25, 0.3) is 0 Å². The lowest BCUT2D eigenvalue weighted by atomic mass is 10.2. The van der Waals surface area contributed by atoms with E-state index in [2.05, 4.69) is 27.4 Å². The van der Waals surface area contributed by atoms with Crippen LogP contribution in [0.4, 0.5) is 5.95 Å². The van der Waals surface area contributed by atoms with Crippen LogP contribution in [0.1, 0.15) is 22.5 Å². The SMILES string of the molecule is Cc1ccc2nc(NCc3c(C)nn(C)c3C)nn2c1. The summed E-state index contributed by atoms with van der Waals surface area (Å²) in [6, 6.07) is 4.00. The fourth-order valence-electron chi connectivity index (χ4n) is 2.30. The van der Waals surface area contributed by atoms with E-state index >= 15 is 0 Å². The van der Waals surface area contributed by atoms with E-state index in [1.54, 1.807) is 4.52 Å². The average molecular weight is 270 g/mol. The second-order valence-corrected chi connectivity index (χ2v) is 5.07. The number of pyridine rings is 1. The fraction of sp³-hybridized carbons (Fsp3) is 0.357. The van der Waals surface area contributed by atoms with Crippen LogP contribution < -0.4 is 5.32 Å². The van der Waals surface area contributed by atoms with E-state index in [1.807, 2.05) is 43.9 Å². The van der Waals surface area contributed by atoms with Gasteiger partial charge in [-0.05, 0) is 32.4 Å². The van der Waals surface area contributed by atoms with Gasteiger partial charge in [0, 0.05) is 31.0 Å². The fourth-order valence-corrected chi connectivity index (χ4v) is 2.30. The lowest BCUT2D eigenvalue weighted by Crippen LogP contribution is -2.03. The molecule has 0 fully saturated rings. The molecule has 104 valence electrons. The van der Waals surface area contributed by atoms with Gasteiger partial charge in [-0.15, -0.1) is 5.10 Å². The Hall–Kier alpha value is -2.37. The zero-order chi connectivity index (χ0) is 14.3. The Kier molecular flexibility index (Phi) is 2.93. The van der Waals surface area contributed by atoms with Crippen molar-refractivity contribution in [3.05, 3.63) is 40.8 Å². The maximum absolute atomic E-state index is 4.45. The zero-order valence-corrected chi connectivity index (χ0v) is 12.2. The number of nitrogens with zero attached hydrogens (tertiary/aromatic N) is 5. The monoisotopic (exact) mass is 270 g/mol. The third kappa shape index (κ3) is 2.13. The first-order chi connectivity index (χ1) is 9.54. The van der Waals surface area contributed by atoms with Crippen LogP contribution >= 0.6 is 0 Å². The van der Waals surface area contributed by atoms with E-state index in [9.17, 15) is 0 Å². The first kappa shape index (κ1) is 12.7. The van der Waals surface area contributed by atoms with Gasteiger partial charge < -0.3 is 5.32 Å². The molecule has 0 unspecified atom stereocenters. The van der Waals surface area contributed by atoms with Crippen molar-refractivity contribution in [2.45, 2.75) is 27.3 Å². The first-order valence-corrected chi connectivity index (χ1v) is 6.60. The Morgan fingerprint density at radius 2 is 1.95 bits per heavy atom. The lowest BCUT2D eigenvalue weighted by Gasteiger charge is -2.02. The van der Waals surface area contributed by atoms with E-state index in [1.165, 1.54) is 5.56 Å². The number of hydrogen-bond acceptors (Lipinski definition) is 4. The van der Waals surface area contributed by atoms with Crippen molar-refractivity contribution < 1.29 is 0 Å². The molecule has 3 aromatic rings. The van der Waals surface area contributed by atoms with Gasteiger partial charge in [-0.2, -0.15) is 10.1 Å². The van der Waals surface area contributed by atoms with Crippen molar-refractivity contribution in [3.8, 4) is 0 Å². The van der Waals surface area contributed by atoms with Gasteiger partial charge in [-0.25, -0.2) is 4.52 Å². The molecular formula is C14H18N6. The Balaban J connectivity index is 1.83. The summed E-state index contributed by atoms with van der Waals surface area (Å²) in [5, 5.41) is 12.1. The first-order valence-electron chi connectivity index (χ1n) is 6.60. The second kappa shape index (κ2) is 4.63. The minimum absolute atomic E-state index is 0.637. The van der Waals surface area contributed by atoms with Crippen LogP contribution in [0.2, 0.25) is 0 Å². The number of aryl methyl sites for hydroxylation is 3. The highest BCUT2D eigenvalue weighted by molar-refractivity contribution is 5.44. The molecular weight excluding hydrogens is 252 g/mol. The minimum atomic E-state index is 0.637. The maximum Gasteiger partial charge on any atom is 0.243 e. The van der Waals surface area contributed by atoms with Gasteiger partial charge in [-0.1, -0.05) is 6.07 Å². The van der Waals surface area contributed by atoms with E-state index in [4.69, 9.17) is 0 Å². The number of rotatable bonds is 3. The molecule has 0 saturated heterocycles. The molecule has 3 rings (SSSR count). The van der Waals surface area contributed by atoms with Crippen molar-refractivity contribution >= 4 is 11.6 Å². The number of nitrogens with one attached hydrogen (secondary N) is 1. The summed E-state index contributed by atoms with van der Waals surface area (Å²) in [6.07, 6.45) is 1.97. The Morgan fingerprint density at radius 1 is 1.15 bits per heavy atom. The third-order valence-electron chi connectivity index (χ3n) is 3.56. The average Bonchev–Trinajstić information content (AvgIpc) is 2.89. The van der Waals surface area contributed by atoms with Crippen molar-refractivity contribution in [1.29, 1.82) is 0 Å². The molecule has 6 nitrogen and oxygen atoms in total. The smallest absolute Gasteiger partial charge is 0.243 e. The second-order valence-electron chi connectivity index (χ2n) is 5.07. The van der Waals surface area contributed by atoms with Gasteiger partial charge in [-0.3, -0.25) is 4.68 Å². The predicted molar refractivity (Wildman–Crippen MR) is 77.7 cm³/mol. The summed E-state index contributed by atoms with van der Waals surface area (Å²) in [5.41, 5.74) is 5.40. The molecule has 0 aliphatic rings. The molecule has 0 saturated carbocycles. The van der Waals surface area contributed by atoms with Crippen LogP contribution in [-0.4, -0.2) is 24.4 Å². The number of aromatic nitrogens is 5. The van der Waals surface area contributed by atoms with Crippen LogP contribution in [0.5, 0.6) is 0 Å². The molecule has 0 aromatic carbocycles. The molecule has 3 heterocycles. The highest BCUT2D eigenvalue weighted by Gasteiger charge is 2.10. The van der Waals surface area contributed by atoms with E-state index in [0.717, 1.165) is 22.6 Å². The summed E-state index contributed by atoms with van der Waals surface area (Å²) in [7, 11) is 1.96. The molecule has 1 N–H and O–H groups in total. The van der Waals surface area contributed by atoms with E-state index < -0.39 is 0 Å². The summed E-state index contributed by atoms with van der Waals surface area (Å²) < 4.78 is 3.69. The summed E-state index contributed by atoms with van der Waals surface area (Å²) in [4.78, 5) is 4.45. The van der Waals surface area contributed by atoms with E-state index in [-0.39, 0.29) is 0 Å². The standard InChI is InChI=1S/C14H18N6/c1-9-5-6-13-16-14(18-20(13)8-9)15-7-12-10(2)17-19(4)11(12)3/h5-6,8H,7H2,1-4H3,(H,15,18). The molecule has 0 atom stereocenters. The van der Waals surface area contributed by atoms with Gasteiger partial charge >= 0.3 is 0 Å². The number of fused-ring (bicyclic) bond motifs is 1. The molecule has 0 radical (unpaired) electrons.